The fraction of sp³-hybridized carbons (Fsp3) is 0.0833. The van der Waals surface area contributed by atoms with Gasteiger partial charge in [-0.25, -0.2) is 0 Å². The first-order chi connectivity index (χ1) is 7.19. The number of halogens is 1. The minimum absolute atomic E-state index is 0.618. The normalized spacial score (nSPS) is 12.0. The molecule has 0 amide bonds. The highest BCUT2D eigenvalue weighted by atomic mass is 35.5. The second kappa shape index (κ2) is 5.37. The van der Waals surface area contributed by atoms with Gasteiger partial charge in [-0.1, -0.05) is 23.8 Å². The molecule has 3 heteroatoms. The number of nitrogens with zero attached hydrogens (tertiary/aromatic N) is 1. The summed E-state index contributed by atoms with van der Waals surface area (Å²) < 4.78 is 0. The van der Waals surface area contributed by atoms with Crippen molar-refractivity contribution in [2.45, 2.75) is 6.92 Å². The van der Waals surface area contributed by atoms with Gasteiger partial charge in [-0.2, -0.15) is 0 Å². The number of hydrogen-bond acceptors (Lipinski definition) is 2. The lowest BCUT2D eigenvalue weighted by Gasteiger charge is -2.04. The van der Waals surface area contributed by atoms with Crippen LogP contribution in [0.25, 0.3) is 5.70 Å². The molecule has 0 heterocycles. The number of nitrogens with two attached hydrogens (primary N) is 1. The maximum atomic E-state index is 6.04. The first-order valence-electron chi connectivity index (χ1n) is 4.54. The Hall–Kier alpha value is -1.54. The Balaban J connectivity index is 3.23. The number of allylic oxidation sites excluding steroid dienone is 3. The fourth-order valence-electron chi connectivity index (χ4n) is 1.15. The maximum absolute atomic E-state index is 6.04. The van der Waals surface area contributed by atoms with Crippen LogP contribution < -0.4 is 5.73 Å². The van der Waals surface area contributed by atoms with Crippen LogP contribution in [-0.2, 0) is 0 Å². The molecular weight excluding hydrogens is 208 g/mol. The number of hydrogen-bond donors (Lipinski definition) is 1. The van der Waals surface area contributed by atoms with Crippen molar-refractivity contribution in [3.8, 4) is 0 Å². The van der Waals surface area contributed by atoms with E-state index in [0.717, 1.165) is 5.56 Å². The largest absolute Gasteiger partial charge is 0.399 e. The summed E-state index contributed by atoms with van der Waals surface area (Å²) in [6, 6.07) is 5.29. The SMILES string of the molecule is C=N/C(=C\C=C/C)c1cc(N)ccc1Cl. The summed E-state index contributed by atoms with van der Waals surface area (Å²) in [5.74, 6) is 0. The third kappa shape index (κ3) is 2.96. The minimum atomic E-state index is 0.618. The molecule has 2 N–H and O–H groups in total. The van der Waals surface area contributed by atoms with E-state index in [4.69, 9.17) is 17.3 Å². The Labute approximate surface area is 94.8 Å². The van der Waals surface area contributed by atoms with Gasteiger partial charge in [0, 0.05) is 11.3 Å². The van der Waals surface area contributed by atoms with Gasteiger partial charge in [-0.3, -0.25) is 4.99 Å². The lowest BCUT2D eigenvalue weighted by molar-refractivity contribution is 1.52. The van der Waals surface area contributed by atoms with Crippen LogP contribution in [-0.4, -0.2) is 6.72 Å². The highest BCUT2D eigenvalue weighted by Gasteiger charge is 2.04. The van der Waals surface area contributed by atoms with E-state index in [1.807, 2.05) is 25.2 Å². The maximum Gasteiger partial charge on any atom is 0.0710 e. The van der Waals surface area contributed by atoms with Crippen LogP contribution in [0.5, 0.6) is 0 Å². The van der Waals surface area contributed by atoms with Gasteiger partial charge in [0.2, 0.25) is 0 Å². The van der Waals surface area contributed by atoms with E-state index >= 15 is 0 Å². The lowest BCUT2D eigenvalue weighted by Crippen LogP contribution is -1.88. The topological polar surface area (TPSA) is 38.4 Å². The van der Waals surface area contributed by atoms with Crippen molar-refractivity contribution in [2.75, 3.05) is 5.73 Å². The van der Waals surface area contributed by atoms with Gasteiger partial charge >= 0.3 is 0 Å². The zero-order valence-electron chi connectivity index (χ0n) is 8.57. The highest BCUT2D eigenvalue weighted by molar-refractivity contribution is 6.32. The monoisotopic (exact) mass is 220 g/mol. The first kappa shape index (κ1) is 11.5. The van der Waals surface area contributed by atoms with Gasteiger partial charge in [-0.15, -0.1) is 0 Å². The van der Waals surface area contributed by atoms with E-state index in [9.17, 15) is 0 Å². The summed E-state index contributed by atoms with van der Waals surface area (Å²) in [5, 5.41) is 0.618. The van der Waals surface area contributed by atoms with E-state index in [1.165, 1.54) is 0 Å². The zero-order chi connectivity index (χ0) is 11.3. The van der Waals surface area contributed by atoms with E-state index in [2.05, 4.69) is 11.7 Å². The third-order valence-corrected chi connectivity index (χ3v) is 2.21. The average molecular weight is 221 g/mol. The van der Waals surface area contributed by atoms with Gasteiger partial charge in [-0.05, 0) is 37.9 Å². The number of anilines is 1. The molecule has 1 rings (SSSR count). The summed E-state index contributed by atoms with van der Waals surface area (Å²) in [5.41, 5.74) is 7.85. The van der Waals surface area contributed by atoms with Gasteiger partial charge in [0.1, 0.15) is 0 Å². The molecule has 0 aliphatic heterocycles. The number of benzene rings is 1. The Morgan fingerprint density at radius 3 is 2.87 bits per heavy atom. The quantitative estimate of drug-likeness (QED) is 0.472. The minimum Gasteiger partial charge on any atom is -0.399 e. The molecule has 0 atom stereocenters. The Kier molecular flexibility index (Phi) is 4.13. The molecule has 15 heavy (non-hydrogen) atoms. The van der Waals surface area contributed by atoms with Crippen LogP contribution in [0.3, 0.4) is 0 Å². The van der Waals surface area contributed by atoms with Crippen molar-refractivity contribution < 1.29 is 0 Å². The van der Waals surface area contributed by atoms with Crippen LogP contribution in [0, 0.1) is 0 Å². The predicted molar refractivity (Wildman–Crippen MR) is 68.2 cm³/mol. The molecular formula is C12H13ClN2. The Bertz CT molecular complexity index is 420. The van der Waals surface area contributed by atoms with Gasteiger partial charge in [0.05, 0.1) is 10.7 Å². The van der Waals surface area contributed by atoms with Crippen molar-refractivity contribution >= 4 is 29.7 Å². The summed E-state index contributed by atoms with van der Waals surface area (Å²) in [6.45, 7) is 5.44. The molecule has 0 saturated heterocycles. The molecule has 0 spiro atoms. The van der Waals surface area contributed by atoms with Crippen LogP contribution in [0.4, 0.5) is 5.69 Å². The van der Waals surface area contributed by atoms with Gasteiger partial charge in [0.15, 0.2) is 0 Å². The summed E-state index contributed by atoms with van der Waals surface area (Å²) in [4.78, 5) is 3.92. The Morgan fingerprint density at radius 2 is 2.27 bits per heavy atom. The standard InChI is InChI=1S/C12H13ClN2/c1-3-4-5-12(15-2)10-8-9(14)6-7-11(10)13/h3-8H,2,14H2,1H3/b4-3-,12-5-. The van der Waals surface area contributed by atoms with Crippen LogP contribution in [0.2, 0.25) is 5.02 Å². The summed E-state index contributed by atoms with van der Waals surface area (Å²) >= 11 is 6.04. The Morgan fingerprint density at radius 1 is 1.53 bits per heavy atom. The second-order valence-corrected chi connectivity index (χ2v) is 3.38. The zero-order valence-corrected chi connectivity index (χ0v) is 9.33. The first-order valence-corrected chi connectivity index (χ1v) is 4.92. The number of rotatable bonds is 3. The van der Waals surface area contributed by atoms with Crippen LogP contribution in [0.1, 0.15) is 12.5 Å². The van der Waals surface area contributed by atoms with Crippen molar-refractivity contribution in [1.29, 1.82) is 0 Å². The van der Waals surface area contributed by atoms with Crippen molar-refractivity contribution in [2.24, 2.45) is 4.99 Å². The summed E-state index contributed by atoms with van der Waals surface area (Å²) in [6.07, 6.45) is 5.63. The van der Waals surface area contributed by atoms with Crippen molar-refractivity contribution in [3.05, 3.63) is 47.0 Å². The predicted octanol–water partition coefficient (Wildman–Crippen LogP) is 3.54. The third-order valence-electron chi connectivity index (χ3n) is 1.88. The number of aliphatic imine (C=N–C) groups is 1. The van der Waals surface area contributed by atoms with Crippen LogP contribution >= 0.6 is 11.6 Å². The lowest BCUT2D eigenvalue weighted by atomic mass is 10.1. The van der Waals surface area contributed by atoms with Crippen molar-refractivity contribution in [1.82, 2.24) is 0 Å². The van der Waals surface area contributed by atoms with Gasteiger partial charge in [0.25, 0.3) is 0 Å². The van der Waals surface area contributed by atoms with E-state index in [1.54, 1.807) is 18.2 Å². The number of nitrogen functional groups attached to an aromatic ring is 1. The van der Waals surface area contributed by atoms with Crippen LogP contribution in [0.15, 0.2) is 41.4 Å². The molecule has 2 nitrogen and oxygen atoms in total. The smallest absolute Gasteiger partial charge is 0.0710 e. The van der Waals surface area contributed by atoms with E-state index in [0.29, 0.717) is 16.4 Å². The molecule has 0 aromatic heterocycles. The molecule has 0 aliphatic rings. The van der Waals surface area contributed by atoms with Gasteiger partial charge < -0.3 is 5.73 Å². The molecule has 0 bridgehead atoms. The molecule has 0 fully saturated rings. The molecule has 0 aliphatic carbocycles. The molecule has 0 unspecified atom stereocenters. The second-order valence-electron chi connectivity index (χ2n) is 2.98. The molecule has 1 aromatic carbocycles. The molecule has 78 valence electrons. The van der Waals surface area contributed by atoms with E-state index < -0.39 is 0 Å². The van der Waals surface area contributed by atoms with E-state index in [-0.39, 0.29) is 0 Å². The molecule has 0 saturated carbocycles. The average Bonchev–Trinajstić information content (AvgIpc) is 2.24. The molecule has 1 aromatic rings. The fourth-order valence-corrected chi connectivity index (χ4v) is 1.37. The van der Waals surface area contributed by atoms with Crippen molar-refractivity contribution in [3.63, 3.8) is 0 Å². The molecule has 0 radical (unpaired) electrons. The highest BCUT2D eigenvalue weighted by Crippen LogP contribution is 2.26. The summed E-state index contributed by atoms with van der Waals surface area (Å²) in [7, 11) is 0.